The van der Waals surface area contributed by atoms with Crippen LogP contribution in [0.1, 0.15) is 30.6 Å². The summed E-state index contributed by atoms with van der Waals surface area (Å²) >= 11 is 1.48. The van der Waals surface area contributed by atoms with Gasteiger partial charge in [0.05, 0.1) is 6.10 Å². The normalized spacial score (nSPS) is 25.1. The first kappa shape index (κ1) is 10.9. The molecule has 1 aromatic carbocycles. The molecule has 1 aliphatic rings. The molecule has 0 spiro atoms. The Labute approximate surface area is 91.5 Å². The second-order valence-corrected chi connectivity index (χ2v) is 4.86. The van der Waals surface area contributed by atoms with Crippen LogP contribution < -0.4 is 0 Å². The van der Waals surface area contributed by atoms with E-state index >= 15 is 0 Å². The third kappa shape index (κ3) is 1.76. The first-order valence-corrected chi connectivity index (χ1v) is 5.96. The SMILES string of the molecule is CCC1SCc2c(ccc(F)c2F)C1O. The summed E-state index contributed by atoms with van der Waals surface area (Å²) in [5.74, 6) is -1.21. The quantitative estimate of drug-likeness (QED) is 0.800. The highest BCUT2D eigenvalue weighted by Crippen LogP contribution is 2.40. The van der Waals surface area contributed by atoms with Gasteiger partial charge in [0.25, 0.3) is 0 Å². The average molecular weight is 230 g/mol. The molecule has 15 heavy (non-hydrogen) atoms. The molecule has 2 atom stereocenters. The van der Waals surface area contributed by atoms with Gasteiger partial charge in [-0.05, 0) is 18.1 Å². The van der Waals surface area contributed by atoms with Crippen LogP contribution in [-0.4, -0.2) is 10.4 Å². The molecule has 1 aromatic rings. The Balaban J connectivity index is 2.45. The summed E-state index contributed by atoms with van der Waals surface area (Å²) in [6, 6.07) is 2.57. The van der Waals surface area contributed by atoms with Gasteiger partial charge in [-0.2, -0.15) is 11.8 Å². The Morgan fingerprint density at radius 3 is 2.87 bits per heavy atom. The maximum Gasteiger partial charge on any atom is 0.163 e. The Morgan fingerprint density at radius 2 is 2.20 bits per heavy atom. The zero-order valence-electron chi connectivity index (χ0n) is 8.34. The molecule has 82 valence electrons. The van der Waals surface area contributed by atoms with Gasteiger partial charge >= 0.3 is 0 Å². The van der Waals surface area contributed by atoms with Crippen LogP contribution in [0.2, 0.25) is 0 Å². The fraction of sp³-hybridized carbons (Fsp3) is 0.455. The number of thioether (sulfide) groups is 1. The molecule has 0 saturated carbocycles. The summed E-state index contributed by atoms with van der Waals surface area (Å²) < 4.78 is 26.3. The molecule has 1 nitrogen and oxygen atoms in total. The average Bonchev–Trinajstić information content (AvgIpc) is 2.24. The van der Waals surface area contributed by atoms with Gasteiger partial charge in [0.2, 0.25) is 0 Å². The Hall–Kier alpha value is -0.610. The van der Waals surface area contributed by atoms with Gasteiger partial charge < -0.3 is 5.11 Å². The van der Waals surface area contributed by atoms with Gasteiger partial charge in [-0.15, -0.1) is 0 Å². The summed E-state index contributed by atoms with van der Waals surface area (Å²) in [6.45, 7) is 1.98. The van der Waals surface area contributed by atoms with E-state index in [4.69, 9.17) is 0 Å². The Bertz CT molecular complexity index is 381. The second kappa shape index (κ2) is 4.10. The minimum absolute atomic E-state index is 0.0855. The lowest BCUT2D eigenvalue weighted by Gasteiger charge is -2.29. The summed E-state index contributed by atoms with van der Waals surface area (Å²) in [4.78, 5) is 0. The second-order valence-electron chi connectivity index (χ2n) is 3.63. The predicted octanol–water partition coefficient (Wildman–Crippen LogP) is 3.02. The fourth-order valence-electron chi connectivity index (χ4n) is 1.85. The first-order valence-electron chi connectivity index (χ1n) is 4.91. The molecular formula is C11H12F2OS. The molecule has 4 heteroatoms. The number of fused-ring (bicyclic) bond motifs is 1. The van der Waals surface area contributed by atoms with Crippen LogP contribution in [0.3, 0.4) is 0 Å². The number of rotatable bonds is 1. The van der Waals surface area contributed by atoms with Crippen LogP contribution in [0.4, 0.5) is 8.78 Å². The van der Waals surface area contributed by atoms with E-state index in [1.165, 1.54) is 17.8 Å². The Kier molecular flexibility index (Phi) is 2.98. The van der Waals surface area contributed by atoms with E-state index in [0.29, 0.717) is 16.9 Å². The zero-order chi connectivity index (χ0) is 11.0. The highest BCUT2D eigenvalue weighted by atomic mass is 32.2. The third-order valence-electron chi connectivity index (χ3n) is 2.75. The van der Waals surface area contributed by atoms with E-state index < -0.39 is 17.7 Å². The van der Waals surface area contributed by atoms with Crippen LogP contribution >= 0.6 is 11.8 Å². The monoisotopic (exact) mass is 230 g/mol. The molecule has 0 aromatic heterocycles. The smallest absolute Gasteiger partial charge is 0.163 e. The summed E-state index contributed by atoms with van der Waals surface area (Å²) in [5.41, 5.74) is 0.858. The van der Waals surface area contributed by atoms with E-state index in [0.717, 1.165) is 12.5 Å². The van der Waals surface area contributed by atoms with Crippen molar-refractivity contribution in [3.8, 4) is 0 Å². The molecule has 0 amide bonds. The van der Waals surface area contributed by atoms with Crippen molar-refractivity contribution in [2.45, 2.75) is 30.5 Å². The number of halogens is 2. The molecule has 0 saturated heterocycles. The highest BCUT2D eigenvalue weighted by Gasteiger charge is 2.29. The molecule has 2 rings (SSSR count). The largest absolute Gasteiger partial charge is 0.387 e. The van der Waals surface area contributed by atoms with Crippen molar-refractivity contribution in [3.63, 3.8) is 0 Å². The lowest BCUT2D eigenvalue weighted by molar-refractivity contribution is 0.169. The lowest BCUT2D eigenvalue weighted by Crippen LogP contribution is -2.21. The minimum Gasteiger partial charge on any atom is -0.387 e. The molecule has 0 aliphatic carbocycles. The molecule has 0 radical (unpaired) electrons. The minimum atomic E-state index is -0.837. The van der Waals surface area contributed by atoms with Crippen molar-refractivity contribution in [1.29, 1.82) is 0 Å². The van der Waals surface area contributed by atoms with Crippen LogP contribution in [0.25, 0.3) is 0 Å². The maximum absolute atomic E-state index is 13.4. The van der Waals surface area contributed by atoms with E-state index in [9.17, 15) is 13.9 Å². The van der Waals surface area contributed by atoms with Crippen molar-refractivity contribution in [2.24, 2.45) is 0 Å². The zero-order valence-corrected chi connectivity index (χ0v) is 9.15. The molecule has 1 heterocycles. The topological polar surface area (TPSA) is 20.2 Å². The molecule has 0 fully saturated rings. The maximum atomic E-state index is 13.4. The molecule has 2 unspecified atom stereocenters. The molecule has 1 aliphatic heterocycles. The van der Waals surface area contributed by atoms with Gasteiger partial charge in [-0.3, -0.25) is 0 Å². The molecular weight excluding hydrogens is 218 g/mol. The first-order chi connectivity index (χ1) is 7.15. The van der Waals surface area contributed by atoms with Crippen molar-refractivity contribution < 1.29 is 13.9 Å². The highest BCUT2D eigenvalue weighted by molar-refractivity contribution is 7.99. The fourth-order valence-corrected chi connectivity index (χ4v) is 3.09. The summed E-state index contributed by atoms with van der Waals surface area (Å²) in [6.07, 6.45) is 0.142. The Morgan fingerprint density at radius 1 is 1.47 bits per heavy atom. The van der Waals surface area contributed by atoms with Gasteiger partial charge in [-0.1, -0.05) is 13.0 Å². The standard InChI is InChI=1S/C11H12F2OS/c1-2-9-11(14)6-3-4-8(12)10(13)7(6)5-15-9/h3-4,9,11,14H,2,5H2,1H3. The van der Waals surface area contributed by atoms with Crippen molar-refractivity contribution in [1.82, 2.24) is 0 Å². The summed E-state index contributed by atoms with van der Waals surface area (Å²) in [5, 5.41) is 10.0. The van der Waals surface area contributed by atoms with E-state index in [1.807, 2.05) is 6.92 Å². The number of hydrogen-bond donors (Lipinski definition) is 1. The number of aliphatic hydroxyl groups is 1. The van der Waals surface area contributed by atoms with Gasteiger partial charge in [0, 0.05) is 16.6 Å². The summed E-state index contributed by atoms with van der Waals surface area (Å²) in [7, 11) is 0. The van der Waals surface area contributed by atoms with Crippen LogP contribution in [0.5, 0.6) is 0 Å². The third-order valence-corrected chi connectivity index (χ3v) is 4.22. The van der Waals surface area contributed by atoms with Crippen LogP contribution in [-0.2, 0) is 5.75 Å². The number of benzene rings is 1. The van der Waals surface area contributed by atoms with Crippen molar-refractivity contribution in [2.75, 3.05) is 0 Å². The van der Waals surface area contributed by atoms with Gasteiger partial charge in [-0.25, -0.2) is 8.78 Å². The van der Waals surface area contributed by atoms with Gasteiger partial charge in [0.1, 0.15) is 0 Å². The predicted molar refractivity (Wildman–Crippen MR) is 56.7 cm³/mol. The van der Waals surface area contributed by atoms with Gasteiger partial charge in [0.15, 0.2) is 11.6 Å². The van der Waals surface area contributed by atoms with Crippen LogP contribution in [0.15, 0.2) is 12.1 Å². The number of aliphatic hydroxyl groups excluding tert-OH is 1. The van der Waals surface area contributed by atoms with E-state index in [1.54, 1.807) is 0 Å². The number of hydrogen-bond acceptors (Lipinski definition) is 2. The molecule has 1 N–H and O–H groups in total. The van der Waals surface area contributed by atoms with Crippen molar-refractivity contribution in [3.05, 3.63) is 34.9 Å². The van der Waals surface area contributed by atoms with E-state index in [-0.39, 0.29) is 5.25 Å². The molecule has 0 bridgehead atoms. The van der Waals surface area contributed by atoms with Crippen molar-refractivity contribution >= 4 is 11.8 Å². The van der Waals surface area contributed by atoms with E-state index in [2.05, 4.69) is 0 Å². The van der Waals surface area contributed by atoms with Crippen LogP contribution in [0, 0.1) is 11.6 Å². The lowest BCUT2D eigenvalue weighted by atomic mass is 9.98.